The van der Waals surface area contributed by atoms with Crippen LogP contribution in [0.3, 0.4) is 0 Å². The Hall–Kier alpha value is -7.21. The number of benzene rings is 9. The van der Waals surface area contributed by atoms with Crippen molar-refractivity contribution in [2.75, 3.05) is 0 Å². The lowest BCUT2D eigenvalue weighted by Crippen LogP contribution is -2.45. The topological polar surface area (TPSA) is 62.7 Å². The van der Waals surface area contributed by atoms with Gasteiger partial charge in [-0.25, -0.2) is 4.99 Å². The zero-order valence-corrected chi connectivity index (χ0v) is 30.2. The summed E-state index contributed by atoms with van der Waals surface area (Å²) in [5.74, 6) is 0.842. The minimum Gasteiger partial charge on any atom is -0.455 e. The first-order valence-electron chi connectivity index (χ1n) is 19.1. The zero-order chi connectivity index (χ0) is 36.7. The minimum absolute atomic E-state index is 0.261. The molecule has 9 aromatic carbocycles. The Kier molecular flexibility index (Phi) is 6.76. The number of para-hydroxylation sites is 1. The number of hydrogen-bond acceptors (Lipinski definition) is 5. The maximum absolute atomic E-state index is 6.87. The van der Waals surface area contributed by atoms with Crippen molar-refractivity contribution in [3.63, 3.8) is 0 Å². The third-order valence-electron chi connectivity index (χ3n) is 11.5. The SMILES string of the molecule is c1ccc(C2N=C(c3ccc4c(ccc5ccccc54)c3)NC(c3cccc4oc5c(-c6cccc7oc8c9ccccc9ccc8c67)cccc5c34)N2)cc1. The summed E-state index contributed by atoms with van der Waals surface area (Å²) < 4.78 is 13.4. The highest BCUT2D eigenvalue weighted by atomic mass is 16.3. The second kappa shape index (κ2) is 12.2. The van der Waals surface area contributed by atoms with E-state index in [1.165, 1.54) is 21.5 Å². The maximum atomic E-state index is 6.87. The van der Waals surface area contributed by atoms with Crippen LogP contribution < -0.4 is 10.6 Å². The largest absolute Gasteiger partial charge is 0.455 e. The molecule has 0 saturated carbocycles. The van der Waals surface area contributed by atoms with Gasteiger partial charge in [0.05, 0.1) is 0 Å². The molecule has 1 aliphatic heterocycles. The van der Waals surface area contributed by atoms with E-state index >= 15 is 0 Å². The van der Waals surface area contributed by atoms with Crippen molar-refractivity contribution in [3.05, 3.63) is 193 Å². The molecule has 0 amide bonds. The van der Waals surface area contributed by atoms with Gasteiger partial charge in [-0.3, -0.25) is 5.32 Å². The molecule has 0 aliphatic carbocycles. The van der Waals surface area contributed by atoms with Gasteiger partial charge in [0.15, 0.2) is 0 Å². The maximum Gasteiger partial charge on any atom is 0.143 e. The van der Waals surface area contributed by atoms with E-state index in [0.29, 0.717) is 0 Å². The highest BCUT2D eigenvalue weighted by molar-refractivity contribution is 6.21. The molecule has 0 bridgehead atoms. The molecule has 2 atom stereocenters. The Morgan fingerprint density at radius 2 is 1.07 bits per heavy atom. The molecule has 0 spiro atoms. The standard InChI is InChI=1S/C51H33N3O2/c1-2-13-32(14-3-1)49-52-50(34-26-27-36-33(29-34)24-23-30-11-4-6-15-35(30)36)54-51(53-49)42-20-10-22-44-46(42)40-19-8-18-39(48(40)56-44)38-17-9-21-43-45(38)41-28-25-31-12-5-7-16-37(31)47(41)55-43/h1-29,49,51,53H,(H,52,54). The monoisotopic (exact) mass is 719 g/mol. The summed E-state index contributed by atoms with van der Waals surface area (Å²) in [6.07, 6.45) is -0.528. The first-order chi connectivity index (χ1) is 27.7. The van der Waals surface area contributed by atoms with Gasteiger partial charge in [-0.05, 0) is 62.3 Å². The molecule has 0 radical (unpaired) electrons. The molecule has 0 saturated heterocycles. The van der Waals surface area contributed by atoms with Crippen LogP contribution in [0.4, 0.5) is 0 Å². The average molecular weight is 720 g/mol. The fourth-order valence-electron chi connectivity index (χ4n) is 8.94. The van der Waals surface area contributed by atoms with Crippen molar-refractivity contribution in [3.8, 4) is 11.1 Å². The minimum atomic E-state index is -0.267. The quantitative estimate of drug-likeness (QED) is 0.178. The van der Waals surface area contributed by atoms with E-state index in [2.05, 4.69) is 180 Å². The summed E-state index contributed by atoms with van der Waals surface area (Å²) in [6.45, 7) is 0. The number of nitrogens with zero attached hydrogens (tertiary/aromatic N) is 1. The second-order valence-corrected chi connectivity index (χ2v) is 14.7. The van der Waals surface area contributed by atoms with Crippen LogP contribution in [0, 0.1) is 0 Å². The van der Waals surface area contributed by atoms with Gasteiger partial charge in [-0.2, -0.15) is 0 Å². The third kappa shape index (κ3) is 4.75. The molecule has 0 fully saturated rings. The van der Waals surface area contributed by atoms with Gasteiger partial charge >= 0.3 is 0 Å². The van der Waals surface area contributed by atoms with E-state index in [1.807, 2.05) is 6.07 Å². The lowest BCUT2D eigenvalue weighted by molar-refractivity contribution is 0.411. The molecule has 3 heterocycles. The molecule has 5 heteroatoms. The normalized spacial score (nSPS) is 16.0. The van der Waals surface area contributed by atoms with E-state index in [9.17, 15) is 0 Å². The van der Waals surface area contributed by atoms with Gasteiger partial charge in [0.25, 0.3) is 0 Å². The van der Waals surface area contributed by atoms with Gasteiger partial charge in [0, 0.05) is 43.6 Å². The molecule has 2 aromatic heterocycles. The molecule has 1 aliphatic rings. The van der Waals surface area contributed by atoms with Crippen molar-refractivity contribution in [1.29, 1.82) is 0 Å². The van der Waals surface area contributed by atoms with Crippen LogP contribution in [0.2, 0.25) is 0 Å². The third-order valence-corrected chi connectivity index (χ3v) is 11.5. The Labute approximate surface area is 321 Å². The number of fused-ring (bicyclic) bond motifs is 11. The highest BCUT2D eigenvalue weighted by Gasteiger charge is 2.28. The van der Waals surface area contributed by atoms with Crippen molar-refractivity contribution in [2.45, 2.75) is 12.3 Å². The summed E-state index contributed by atoms with van der Waals surface area (Å²) >= 11 is 0. The van der Waals surface area contributed by atoms with Crippen LogP contribution in [-0.4, -0.2) is 5.84 Å². The number of rotatable bonds is 4. The van der Waals surface area contributed by atoms with E-state index in [0.717, 1.165) is 88.3 Å². The van der Waals surface area contributed by atoms with Gasteiger partial charge in [-0.15, -0.1) is 0 Å². The Morgan fingerprint density at radius 3 is 1.96 bits per heavy atom. The Balaban J connectivity index is 1.01. The van der Waals surface area contributed by atoms with E-state index in [-0.39, 0.29) is 12.3 Å². The number of nitrogens with one attached hydrogen (secondary N) is 2. The number of aliphatic imine (C=N–C) groups is 1. The summed E-state index contributed by atoms with van der Waals surface area (Å²) in [5, 5.41) is 19.2. The van der Waals surface area contributed by atoms with E-state index in [4.69, 9.17) is 13.8 Å². The lowest BCUT2D eigenvalue weighted by Gasteiger charge is -2.32. The van der Waals surface area contributed by atoms with Crippen LogP contribution in [-0.2, 0) is 0 Å². The molecule has 5 nitrogen and oxygen atoms in total. The van der Waals surface area contributed by atoms with Crippen LogP contribution in [0.25, 0.3) is 87.3 Å². The molecule has 2 N–H and O–H groups in total. The zero-order valence-electron chi connectivity index (χ0n) is 30.2. The van der Waals surface area contributed by atoms with Crippen LogP contribution in [0.1, 0.15) is 29.0 Å². The molecule has 12 rings (SSSR count). The summed E-state index contributed by atoms with van der Waals surface area (Å²) in [6, 6.07) is 62.0. The number of amidine groups is 1. The fraction of sp³-hybridized carbons (Fsp3) is 0.0392. The fourth-order valence-corrected chi connectivity index (χ4v) is 8.94. The van der Waals surface area contributed by atoms with E-state index in [1.54, 1.807) is 0 Å². The molecule has 56 heavy (non-hydrogen) atoms. The summed E-state index contributed by atoms with van der Waals surface area (Å²) in [7, 11) is 0. The first-order valence-corrected chi connectivity index (χ1v) is 19.1. The summed E-state index contributed by atoms with van der Waals surface area (Å²) in [5.41, 5.74) is 8.80. The smallest absolute Gasteiger partial charge is 0.143 e. The van der Waals surface area contributed by atoms with Crippen molar-refractivity contribution in [2.24, 2.45) is 4.99 Å². The van der Waals surface area contributed by atoms with Crippen LogP contribution >= 0.6 is 0 Å². The van der Waals surface area contributed by atoms with E-state index < -0.39 is 0 Å². The van der Waals surface area contributed by atoms with Gasteiger partial charge < -0.3 is 14.2 Å². The predicted octanol–water partition coefficient (Wildman–Crippen LogP) is 12.9. The summed E-state index contributed by atoms with van der Waals surface area (Å²) in [4.78, 5) is 5.28. The van der Waals surface area contributed by atoms with Crippen molar-refractivity contribution in [1.82, 2.24) is 10.6 Å². The second-order valence-electron chi connectivity index (χ2n) is 14.7. The predicted molar refractivity (Wildman–Crippen MR) is 230 cm³/mol. The average Bonchev–Trinajstić information content (AvgIpc) is 3.86. The number of hydrogen-bond donors (Lipinski definition) is 2. The number of furan rings is 2. The highest BCUT2D eigenvalue weighted by Crippen LogP contribution is 2.44. The van der Waals surface area contributed by atoms with Gasteiger partial charge in [0.1, 0.15) is 40.5 Å². The van der Waals surface area contributed by atoms with Gasteiger partial charge in [0.2, 0.25) is 0 Å². The Morgan fingerprint density at radius 1 is 0.446 bits per heavy atom. The van der Waals surface area contributed by atoms with Gasteiger partial charge in [-0.1, -0.05) is 152 Å². The lowest BCUT2D eigenvalue weighted by atomic mass is 9.95. The molecular weight excluding hydrogens is 687 g/mol. The molecule has 11 aromatic rings. The first kappa shape index (κ1) is 31.2. The molecule has 264 valence electrons. The van der Waals surface area contributed by atoms with Crippen LogP contribution in [0.15, 0.2) is 190 Å². The van der Waals surface area contributed by atoms with Crippen molar-refractivity contribution >= 4 is 82.0 Å². The van der Waals surface area contributed by atoms with Crippen molar-refractivity contribution < 1.29 is 8.83 Å². The Bertz CT molecular complexity index is 3390. The molecular formula is C51H33N3O2. The van der Waals surface area contributed by atoms with Crippen LogP contribution in [0.5, 0.6) is 0 Å². The molecule has 2 unspecified atom stereocenters.